The van der Waals surface area contributed by atoms with Gasteiger partial charge in [0.15, 0.2) is 0 Å². The number of alkyl halides is 2. The molecule has 0 radical (unpaired) electrons. The average molecular weight is 212 g/mol. The Kier molecular flexibility index (Phi) is 2.40. The van der Waals surface area contributed by atoms with E-state index in [0.29, 0.717) is 11.0 Å². The third kappa shape index (κ3) is 1.59. The molecule has 3 nitrogen and oxygen atoms in total. The molecule has 0 bridgehead atoms. The number of aliphatic hydroxyl groups excluding tert-OH is 1. The van der Waals surface area contributed by atoms with Gasteiger partial charge >= 0.3 is 6.55 Å². The van der Waals surface area contributed by atoms with Crippen molar-refractivity contribution in [3.8, 4) is 0 Å². The molecule has 15 heavy (non-hydrogen) atoms. The van der Waals surface area contributed by atoms with Crippen LogP contribution in [-0.4, -0.2) is 14.7 Å². The molecule has 1 heterocycles. The molecule has 0 aliphatic carbocycles. The number of nitrogens with zero attached hydrogens (tertiary/aromatic N) is 2. The van der Waals surface area contributed by atoms with Gasteiger partial charge in [-0.1, -0.05) is 12.1 Å². The van der Waals surface area contributed by atoms with E-state index in [4.69, 9.17) is 0 Å². The number of benzene rings is 1. The van der Waals surface area contributed by atoms with Crippen LogP contribution in [0.2, 0.25) is 0 Å². The summed E-state index contributed by atoms with van der Waals surface area (Å²) in [6, 6.07) is 6.58. The largest absolute Gasteiger partial charge is 0.385 e. The summed E-state index contributed by atoms with van der Waals surface area (Å²) in [7, 11) is 0. The van der Waals surface area contributed by atoms with Crippen LogP contribution in [-0.2, 0) is 0 Å². The molecule has 0 saturated heterocycles. The fraction of sp³-hybridized carbons (Fsp3) is 0.300. The summed E-state index contributed by atoms with van der Waals surface area (Å²) in [5, 5.41) is 9.34. The lowest BCUT2D eigenvalue weighted by molar-refractivity contribution is 0.0606. The van der Waals surface area contributed by atoms with Crippen LogP contribution in [0.3, 0.4) is 0 Å². The van der Waals surface area contributed by atoms with E-state index in [-0.39, 0.29) is 5.82 Å². The van der Waals surface area contributed by atoms with Crippen molar-refractivity contribution < 1.29 is 13.9 Å². The van der Waals surface area contributed by atoms with Crippen LogP contribution in [0.4, 0.5) is 8.78 Å². The summed E-state index contributed by atoms with van der Waals surface area (Å²) >= 11 is 0. The number of fused-ring (bicyclic) bond motifs is 1. The lowest BCUT2D eigenvalue weighted by Gasteiger charge is -2.08. The Bertz CT molecular complexity index is 479. The highest BCUT2D eigenvalue weighted by atomic mass is 19.3. The first kappa shape index (κ1) is 10.0. The van der Waals surface area contributed by atoms with Crippen molar-refractivity contribution in [3.63, 3.8) is 0 Å². The second kappa shape index (κ2) is 3.58. The molecule has 0 amide bonds. The van der Waals surface area contributed by atoms with E-state index < -0.39 is 12.7 Å². The first-order valence-electron chi connectivity index (χ1n) is 4.54. The Hall–Kier alpha value is -1.49. The molecule has 0 aliphatic rings. The maximum atomic E-state index is 12.8. The monoisotopic (exact) mass is 212 g/mol. The molecule has 2 aromatic rings. The number of hydrogen-bond acceptors (Lipinski definition) is 2. The standard InChI is InChI=1S/C10H10F2N2O/c1-6(15)9-13-7-4-2-3-5-8(7)14(9)10(11)12/h2-6,10,15H,1H3/t6-/m1/s1. The van der Waals surface area contributed by atoms with Crippen molar-refractivity contribution in [3.05, 3.63) is 30.1 Å². The van der Waals surface area contributed by atoms with Crippen molar-refractivity contribution >= 4 is 11.0 Å². The van der Waals surface area contributed by atoms with Gasteiger partial charge in [0.2, 0.25) is 0 Å². The minimum atomic E-state index is -2.69. The zero-order valence-corrected chi connectivity index (χ0v) is 8.06. The molecule has 1 aromatic carbocycles. The minimum absolute atomic E-state index is 0.00815. The minimum Gasteiger partial charge on any atom is -0.385 e. The van der Waals surface area contributed by atoms with Gasteiger partial charge in [0, 0.05) is 0 Å². The smallest absolute Gasteiger partial charge is 0.320 e. The van der Waals surface area contributed by atoms with Crippen LogP contribution in [0.1, 0.15) is 25.4 Å². The molecule has 0 unspecified atom stereocenters. The summed E-state index contributed by atoms with van der Waals surface area (Å²) in [4.78, 5) is 3.97. The summed E-state index contributed by atoms with van der Waals surface area (Å²) in [5.41, 5.74) is 0.803. The van der Waals surface area contributed by atoms with Crippen molar-refractivity contribution in [2.45, 2.75) is 19.6 Å². The van der Waals surface area contributed by atoms with E-state index in [1.54, 1.807) is 24.3 Å². The molecule has 0 spiro atoms. The van der Waals surface area contributed by atoms with Gasteiger partial charge in [0.25, 0.3) is 0 Å². The van der Waals surface area contributed by atoms with Crippen molar-refractivity contribution in [1.29, 1.82) is 0 Å². The second-order valence-corrected chi connectivity index (χ2v) is 3.28. The van der Waals surface area contributed by atoms with Gasteiger partial charge in [-0.15, -0.1) is 0 Å². The topological polar surface area (TPSA) is 38.1 Å². The van der Waals surface area contributed by atoms with Gasteiger partial charge in [-0.25, -0.2) is 4.98 Å². The quantitative estimate of drug-likeness (QED) is 0.830. The number of rotatable bonds is 2. The highest BCUT2D eigenvalue weighted by molar-refractivity contribution is 5.76. The molecule has 80 valence electrons. The number of aliphatic hydroxyl groups is 1. The van der Waals surface area contributed by atoms with E-state index in [2.05, 4.69) is 4.98 Å². The molecule has 1 aromatic heterocycles. The summed E-state index contributed by atoms with van der Waals surface area (Å²) < 4.78 is 26.3. The number of imidazole rings is 1. The van der Waals surface area contributed by atoms with E-state index in [9.17, 15) is 13.9 Å². The van der Waals surface area contributed by atoms with Gasteiger partial charge in [-0.05, 0) is 19.1 Å². The lowest BCUT2D eigenvalue weighted by Crippen LogP contribution is -2.07. The predicted octanol–water partition coefficient (Wildman–Crippen LogP) is 2.48. The first-order chi connectivity index (χ1) is 7.11. The van der Waals surface area contributed by atoms with Crippen LogP contribution in [0.5, 0.6) is 0 Å². The number of para-hydroxylation sites is 2. The maximum Gasteiger partial charge on any atom is 0.320 e. The van der Waals surface area contributed by atoms with E-state index >= 15 is 0 Å². The van der Waals surface area contributed by atoms with Crippen LogP contribution >= 0.6 is 0 Å². The van der Waals surface area contributed by atoms with Gasteiger partial charge < -0.3 is 5.11 Å². The predicted molar refractivity (Wildman–Crippen MR) is 51.6 cm³/mol. The van der Waals surface area contributed by atoms with Crippen molar-refractivity contribution in [2.75, 3.05) is 0 Å². The number of hydrogen-bond donors (Lipinski definition) is 1. The molecule has 0 aliphatic heterocycles. The Balaban J connectivity index is 2.75. The Morgan fingerprint density at radius 3 is 2.60 bits per heavy atom. The highest BCUT2D eigenvalue weighted by Gasteiger charge is 2.19. The Morgan fingerprint density at radius 2 is 2.00 bits per heavy atom. The SMILES string of the molecule is C[C@@H](O)c1nc2ccccc2n1C(F)F. The van der Waals surface area contributed by atoms with Crippen LogP contribution < -0.4 is 0 Å². The van der Waals surface area contributed by atoms with Crippen molar-refractivity contribution in [1.82, 2.24) is 9.55 Å². The van der Waals surface area contributed by atoms with Gasteiger partial charge in [0.1, 0.15) is 11.9 Å². The van der Waals surface area contributed by atoms with Gasteiger partial charge in [0.05, 0.1) is 11.0 Å². The average Bonchev–Trinajstić information content (AvgIpc) is 2.56. The first-order valence-corrected chi connectivity index (χ1v) is 4.54. The molecule has 0 fully saturated rings. The number of aromatic nitrogens is 2. The van der Waals surface area contributed by atoms with Gasteiger partial charge in [-0.2, -0.15) is 8.78 Å². The summed E-state index contributed by atoms with van der Waals surface area (Å²) in [6.45, 7) is -1.28. The fourth-order valence-corrected chi connectivity index (χ4v) is 1.56. The molecule has 0 saturated carbocycles. The zero-order valence-electron chi connectivity index (χ0n) is 8.06. The van der Waals surface area contributed by atoms with Gasteiger partial charge in [-0.3, -0.25) is 4.57 Å². The van der Waals surface area contributed by atoms with Crippen LogP contribution in [0.15, 0.2) is 24.3 Å². The molecule has 1 atom stereocenters. The third-order valence-corrected chi connectivity index (χ3v) is 2.19. The second-order valence-electron chi connectivity index (χ2n) is 3.28. The highest BCUT2D eigenvalue weighted by Crippen LogP contribution is 2.26. The fourth-order valence-electron chi connectivity index (χ4n) is 1.56. The summed E-state index contributed by atoms with van der Waals surface area (Å²) in [6.07, 6.45) is -1.01. The molecular weight excluding hydrogens is 202 g/mol. The van der Waals surface area contributed by atoms with E-state index in [1.807, 2.05) is 0 Å². The Morgan fingerprint density at radius 1 is 1.33 bits per heavy atom. The van der Waals surface area contributed by atoms with Crippen LogP contribution in [0.25, 0.3) is 11.0 Å². The lowest BCUT2D eigenvalue weighted by atomic mass is 10.3. The maximum absolute atomic E-state index is 12.8. The molecule has 5 heteroatoms. The number of halogens is 2. The van der Waals surface area contributed by atoms with Crippen molar-refractivity contribution in [2.24, 2.45) is 0 Å². The zero-order chi connectivity index (χ0) is 11.0. The molecular formula is C10H10F2N2O. The van der Waals surface area contributed by atoms with E-state index in [0.717, 1.165) is 4.57 Å². The van der Waals surface area contributed by atoms with E-state index in [1.165, 1.54) is 6.92 Å². The molecule has 2 rings (SSSR count). The molecule has 1 N–H and O–H groups in total. The van der Waals surface area contributed by atoms with Crippen LogP contribution in [0, 0.1) is 0 Å². The third-order valence-electron chi connectivity index (χ3n) is 2.19. The Labute approximate surface area is 85.0 Å². The normalized spacial score (nSPS) is 13.7. The summed E-state index contributed by atoms with van der Waals surface area (Å²) in [5.74, 6) is -0.00815.